The summed E-state index contributed by atoms with van der Waals surface area (Å²) in [5.74, 6) is 0. The van der Waals surface area contributed by atoms with Gasteiger partial charge in [0.2, 0.25) is 17.0 Å². The summed E-state index contributed by atoms with van der Waals surface area (Å²) in [4.78, 5) is 0. The van der Waals surface area contributed by atoms with E-state index >= 15 is 0 Å². The van der Waals surface area contributed by atoms with E-state index in [9.17, 15) is 0 Å². The molecule has 3 aliphatic rings. The van der Waals surface area contributed by atoms with Crippen LogP contribution in [0.2, 0.25) is 105 Å². The van der Waals surface area contributed by atoms with Crippen LogP contribution >= 0.6 is 0 Å². The van der Waals surface area contributed by atoms with Crippen LogP contribution < -0.4 is 10.4 Å². The molecule has 3 aliphatic heterocycles. The van der Waals surface area contributed by atoms with E-state index < -0.39 is 85.6 Å². The summed E-state index contributed by atoms with van der Waals surface area (Å²) in [6, 6.07) is 20.8. The lowest BCUT2D eigenvalue weighted by Gasteiger charge is -2.75. The highest BCUT2D eigenvalue weighted by atomic mass is 28.6. The van der Waals surface area contributed by atoms with Gasteiger partial charge in [0.1, 0.15) is 0 Å². The normalized spacial score (nSPS) is 27.2. The van der Waals surface area contributed by atoms with Gasteiger partial charge in [0, 0.05) is 10.4 Å². The van der Waals surface area contributed by atoms with Crippen molar-refractivity contribution in [2.45, 2.75) is 105 Å². The van der Waals surface area contributed by atoms with E-state index in [2.05, 4.69) is 161 Å². The second-order valence-corrected chi connectivity index (χ2v) is 55.1. The minimum atomic E-state index is -3.34. The van der Waals surface area contributed by atoms with Crippen molar-refractivity contribution in [3.63, 3.8) is 0 Å². The first-order valence-corrected chi connectivity index (χ1v) is 43.1. The monoisotopic (exact) mass is 830 g/mol. The molecule has 10 nitrogen and oxygen atoms in total. The highest BCUT2D eigenvalue weighted by Crippen LogP contribution is 2.48. The number of benzene rings is 2. The van der Waals surface area contributed by atoms with Gasteiger partial charge in [-0.3, -0.25) is 0 Å². The lowest BCUT2D eigenvalue weighted by atomic mass is 10.4. The molecule has 0 aliphatic carbocycles. The van der Waals surface area contributed by atoms with Gasteiger partial charge in [0.05, 0.1) is 0 Å². The Hall–Kier alpha value is 0.209. The minimum absolute atomic E-state index is 1.02. The second-order valence-electron chi connectivity index (χ2n) is 16.8. The third-order valence-electron chi connectivity index (χ3n) is 8.79. The minimum Gasteiger partial charge on any atom is -0.416 e. The zero-order valence-corrected chi connectivity index (χ0v) is 41.9. The zero-order valence-electron chi connectivity index (χ0n) is 31.9. The molecule has 0 atom stereocenters. The molecule has 3 saturated heterocycles. The van der Waals surface area contributed by atoms with Crippen molar-refractivity contribution in [3.8, 4) is 0 Å². The van der Waals surface area contributed by atoms with Gasteiger partial charge in [-0.1, -0.05) is 60.7 Å². The second kappa shape index (κ2) is 12.4. The molecule has 3 fully saturated rings. The predicted molar refractivity (Wildman–Crippen MR) is 216 cm³/mol. The molecule has 2 aromatic rings. The Kier molecular flexibility index (Phi) is 10.2. The van der Waals surface area contributed by atoms with E-state index in [4.69, 9.17) is 32.9 Å². The molecular formula is C28H58N2O8Si10. The summed E-state index contributed by atoms with van der Waals surface area (Å²) in [6.07, 6.45) is 0. The summed E-state index contributed by atoms with van der Waals surface area (Å²) >= 11 is 0. The zero-order chi connectivity index (χ0) is 36.0. The van der Waals surface area contributed by atoms with Gasteiger partial charge >= 0.3 is 51.9 Å². The molecule has 0 aromatic heterocycles. The predicted octanol–water partition coefficient (Wildman–Crippen LogP) is 6.07. The van der Waals surface area contributed by atoms with Crippen molar-refractivity contribution in [2.24, 2.45) is 0 Å². The maximum atomic E-state index is 7.57. The standard InChI is InChI=1S/C28H58N2O8Si10/c1-39(2)29(41(5,6)31-47(27-23-19-17-20-24-27)35-43(9,10)33-44(11,12)36-47)40(3,4)30(39)42(7,8)32-48(28-25-21-18-22-26-28)37-45(13,14)34-46(15,16)38-48/h17-26H,1-16H3. The van der Waals surface area contributed by atoms with Crippen molar-refractivity contribution in [3.05, 3.63) is 60.7 Å². The van der Waals surface area contributed by atoms with Gasteiger partial charge < -0.3 is 40.7 Å². The molecule has 0 saturated carbocycles. The first-order chi connectivity index (χ1) is 21.6. The molecule has 3 heterocycles. The molecular weight excluding hydrogens is 773 g/mol. The van der Waals surface area contributed by atoms with Crippen LogP contribution in [0.5, 0.6) is 0 Å². The maximum Gasteiger partial charge on any atom is 0.509 e. The molecule has 0 spiro atoms. The van der Waals surface area contributed by atoms with E-state index in [1.807, 2.05) is 12.1 Å². The fraction of sp³-hybridized carbons (Fsp3) is 0.571. The van der Waals surface area contributed by atoms with Crippen LogP contribution in [0.3, 0.4) is 0 Å². The first-order valence-electron chi connectivity index (χ1n) is 16.9. The molecule has 0 radical (unpaired) electrons. The molecule has 0 amide bonds. The van der Waals surface area contributed by atoms with E-state index in [0.717, 1.165) is 10.4 Å². The topological polar surface area (TPSA) is 80.3 Å². The molecule has 0 N–H and O–H groups in total. The van der Waals surface area contributed by atoms with Crippen molar-refractivity contribution < 1.29 is 32.9 Å². The number of hydrogen-bond acceptors (Lipinski definition) is 10. The molecule has 268 valence electrons. The third kappa shape index (κ3) is 7.50. The molecule has 20 heteroatoms. The summed E-state index contributed by atoms with van der Waals surface area (Å²) in [5.41, 5.74) is 0. The average molecular weight is 832 g/mol. The Morgan fingerprint density at radius 3 is 0.917 bits per heavy atom. The van der Waals surface area contributed by atoms with E-state index in [0.29, 0.717) is 0 Å². The van der Waals surface area contributed by atoms with Crippen LogP contribution in [0.1, 0.15) is 0 Å². The molecule has 0 bridgehead atoms. The van der Waals surface area contributed by atoms with Crippen molar-refractivity contribution in [2.75, 3.05) is 0 Å². The van der Waals surface area contributed by atoms with Crippen LogP contribution in [-0.2, 0) is 32.9 Å². The molecule has 48 heavy (non-hydrogen) atoms. The SMILES string of the molecule is C[Si]1(C)O[Si](C)(C)O[Si](O[Si](C)(C)N2[Si](C)(C)N([Si](C)(C)O[Si]3(c4ccccc4)O[Si](C)(C)O[Si](C)(C)O3)[Si]2(C)C)(c2ccccc2)O1. The van der Waals surface area contributed by atoms with Crippen LogP contribution in [0.15, 0.2) is 60.7 Å². The van der Waals surface area contributed by atoms with Gasteiger partial charge in [-0.15, -0.1) is 0 Å². The fourth-order valence-electron chi connectivity index (χ4n) is 9.20. The smallest absolute Gasteiger partial charge is 0.416 e. The summed E-state index contributed by atoms with van der Waals surface area (Å²) in [6.45, 7) is 36.2. The van der Waals surface area contributed by atoms with Crippen molar-refractivity contribution in [1.29, 1.82) is 0 Å². The van der Waals surface area contributed by atoms with Crippen LogP contribution in [0.4, 0.5) is 0 Å². The molecule has 5 rings (SSSR count). The Morgan fingerprint density at radius 1 is 0.417 bits per heavy atom. The largest absolute Gasteiger partial charge is 0.509 e. The van der Waals surface area contributed by atoms with Gasteiger partial charge in [-0.2, -0.15) is 0 Å². The fourth-order valence-corrected chi connectivity index (χ4v) is 81.9. The summed E-state index contributed by atoms with van der Waals surface area (Å²) in [7, 11) is -26.6. The molecule has 0 unspecified atom stereocenters. The third-order valence-corrected chi connectivity index (χ3v) is 63.2. The van der Waals surface area contributed by atoms with Crippen molar-refractivity contribution >= 4 is 96.0 Å². The summed E-state index contributed by atoms with van der Waals surface area (Å²) in [5, 5.41) is 2.04. The Bertz CT molecular complexity index is 1340. The quantitative estimate of drug-likeness (QED) is 0.293. The average Bonchev–Trinajstić information content (AvgIpc) is 2.83. The van der Waals surface area contributed by atoms with Gasteiger partial charge in [0.15, 0.2) is 16.8 Å². The first kappa shape index (κ1) is 39.4. The van der Waals surface area contributed by atoms with Crippen LogP contribution in [0, 0.1) is 0 Å². The Morgan fingerprint density at radius 2 is 0.667 bits per heavy atom. The summed E-state index contributed by atoms with van der Waals surface area (Å²) < 4.78 is 61.8. The Labute approximate surface area is 300 Å². The number of rotatable bonds is 8. The van der Waals surface area contributed by atoms with Crippen LogP contribution in [0.25, 0.3) is 0 Å². The van der Waals surface area contributed by atoms with Gasteiger partial charge in [-0.25, -0.2) is 0 Å². The molecule has 2 aromatic carbocycles. The van der Waals surface area contributed by atoms with E-state index in [1.165, 1.54) is 0 Å². The van der Waals surface area contributed by atoms with Gasteiger partial charge in [0.25, 0.3) is 0 Å². The van der Waals surface area contributed by atoms with E-state index in [-0.39, 0.29) is 0 Å². The number of hydrogen-bond donors (Lipinski definition) is 0. The lowest BCUT2D eigenvalue weighted by molar-refractivity contribution is 0.173. The van der Waals surface area contributed by atoms with Crippen molar-refractivity contribution in [1.82, 2.24) is 7.79 Å². The van der Waals surface area contributed by atoms with E-state index in [1.54, 1.807) is 0 Å². The highest BCUT2D eigenvalue weighted by Gasteiger charge is 2.74. The lowest BCUT2D eigenvalue weighted by Crippen LogP contribution is -2.99. The highest BCUT2D eigenvalue weighted by molar-refractivity contribution is 7.20. The number of nitrogens with zero attached hydrogens (tertiary/aromatic N) is 2. The Balaban J connectivity index is 1.52. The maximum absolute atomic E-state index is 7.57. The van der Waals surface area contributed by atoms with Gasteiger partial charge in [-0.05, 0) is 105 Å². The van der Waals surface area contributed by atoms with Crippen LogP contribution in [-0.4, -0.2) is 93.4 Å².